The number of nitrogens with zero attached hydrogens (tertiary/aromatic N) is 3. The van der Waals surface area contributed by atoms with Crippen molar-refractivity contribution in [3.05, 3.63) is 18.0 Å². The van der Waals surface area contributed by atoms with Gasteiger partial charge in [0.15, 0.2) is 0 Å². The molecule has 0 fully saturated rings. The molecule has 0 spiro atoms. The molecule has 6 nitrogen and oxygen atoms in total. The smallest absolute Gasteiger partial charge is 0.225 e. The first-order chi connectivity index (χ1) is 8.78. The molecule has 0 saturated heterocycles. The van der Waals surface area contributed by atoms with E-state index in [-0.39, 0.29) is 5.75 Å². The van der Waals surface area contributed by atoms with Crippen molar-refractivity contribution < 1.29 is 8.42 Å². The average molecular weight is 286 g/mol. The Labute approximate surface area is 115 Å². The second kappa shape index (κ2) is 6.81. The van der Waals surface area contributed by atoms with Gasteiger partial charge in [-0.25, -0.2) is 18.4 Å². The van der Waals surface area contributed by atoms with E-state index >= 15 is 0 Å². The molecule has 7 heteroatoms. The minimum Gasteiger partial charge on any atom is -0.343 e. The molecule has 0 aliphatic heterocycles. The molecule has 0 amide bonds. The lowest BCUT2D eigenvalue weighted by molar-refractivity contribution is 0.586. The van der Waals surface area contributed by atoms with E-state index in [0.717, 1.165) is 12.1 Å². The molecule has 0 aliphatic rings. The molecule has 0 atom stereocenters. The van der Waals surface area contributed by atoms with E-state index in [9.17, 15) is 8.42 Å². The quantitative estimate of drug-likeness (QED) is 0.784. The van der Waals surface area contributed by atoms with Crippen molar-refractivity contribution >= 4 is 15.8 Å². The Bertz CT molecular complexity index is 485. The Balaban J connectivity index is 2.55. The molecule has 19 heavy (non-hydrogen) atoms. The second-order valence-electron chi connectivity index (χ2n) is 4.98. The Kier molecular flexibility index (Phi) is 5.68. The Morgan fingerprint density at radius 3 is 2.37 bits per heavy atom. The number of sulfone groups is 1. The molecule has 1 aromatic rings. The highest BCUT2D eigenvalue weighted by molar-refractivity contribution is 7.90. The van der Waals surface area contributed by atoms with Crippen LogP contribution in [0, 0.1) is 0 Å². The van der Waals surface area contributed by atoms with Crippen molar-refractivity contribution in [2.24, 2.45) is 0 Å². The van der Waals surface area contributed by atoms with Crippen LogP contribution in [-0.4, -0.2) is 50.0 Å². The van der Waals surface area contributed by atoms with Gasteiger partial charge < -0.3 is 10.2 Å². The third-order valence-corrected chi connectivity index (χ3v) is 3.47. The van der Waals surface area contributed by atoms with Crippen LogP contribution in [0.4, 0.5) is 5.95 Å². The molecule has 1 N–H and O–H groups in total. The number of nitrogens with one attached hydrogen (secondary N) is 1. The van der Waals surface area contributed by atoms with Crippen LogP contribution in [0.3, 0.4) is 0 Å². The lowest BCUT2D eigenvalue weighted by Crippen LogP contribution is -2.27. The summed E-state index contributed by atoms with van der Waals surface area (Å²) >= 11 is 0. The van der Waals surface area contributed by atoms with E-state index in [2.05, 4.69) is 29.1 Å². The minimum atomic E-state index is -2.96. The first-order valence-electron chi connectivity index (χ1n) is 6.21. The second-order valence-corrected chi connectivity index (χ2v) is 7.24. The molecule has 0 aliphatic carbocycles. The Hall–Kier alpha value is -1.21. The van der Waals surface area contributed by atoms with Crippen molar-refractivity contribution in [1.29, 1.82) is 0 Å². The summed E-state index contributed by atoms with van der Waals surface area (Å²) in [4.78, 5) is 10.2. The fraction of sp³-hybridized carbons (Fsp3) is 0.667. The molecule has 0 unspecified atom stereocenters. The Morgan fingerprint density at radius 1 is 1.32 bits per heavy atom. The van der Waals surface area contributed by atoms with Crippen molar-refractivity contribution in [1.82, 2.24) is 15.3 Å². The number of anilines is 1. The van der Waals surface area contributed by atoms with Crippen molar-refractivity contribution in [2.45, 2.75) is 26.4 Å². The van der Waals surface area contributed by atoms with Crippen LogP contribution < -0.4 is 10.2 Å². The highest BCUT2D eigenvalue weighted by Crippen LogP contribution is 2.05. The van der Waals surface area contributed by atoms with Gasteiger partial charge >= 0.3 is 0 Å². The summed E-state index contributed by atoms with van der Waals surface area (Å²) in [6.07, 6.45) is 4.74. The number of rotatable bonds is 7. The van der Waals surface area contributed by atoms with Gasteiger partial charge in [-0.2, -0.15) is 0 Å². The van der Waals surface area contributed by atoms with Gasteiger partial charge in [-0.05, 0) is 0 Å². The largest absolute Gasteiger partial charge is 0.343 e. The van der Waals surface area contributed by atoms with Gasteiger partial charge in [0.2, 0.25) is 5.95 Å². The van der Waals surface area contributed by atoms with Gasteiger partial charge in [-0.1, -0.05) is 13.8 Å². The van der Waals surface area contributed by atoms with E-state index in [4.69, 9.17) is 0 Å². The average Bonchev–Trinajstić information content (AvgIpc) is 2.33. The molecule has 0 saturated carbocycles. The van der Waals surface area contributed by atoms with Crippen molar-refractivity contribution in [2.75, 3.05) is 30.5 Å². The predicted molar refractivity (Wildman–Crippen MR) is 77.0 cm³/mol. The molecule has 0 radical (unpaired) electrons. The maximum absolute atomic E-state index is 11.1. The van der Waals surface area contributed by atoms with Crippen LogP contribution in [0.1, 0.15) is 19.4 Å². The third-order valence-electron chi connectivity index (χ3n) is 2.55. The van der Waals surface area contributed by atoms with Gasteiger partial charge in [0, 0.05) is 50.4 Å². The minimum absolute atomic E-state index is 0.101. The maximum Gasteiger partial charge on any atom is 0.225 e. The van der Waals surface area contributed by atoms with Crippen LogP contribution in [0.15, 0.2) is 12.4 Å². The predicted octanol–water partition coefficient (Wildman–Crippen LogP) is 0.455. The molecule has 0 aromatic carbocycles. The first kappa shape index (κ1) is 15.8. The third kappa shape index (κ3) is 6.49. The van der Waals surface area contributed by atoms with Crippen molar-refractivity contribution in [3.8, 4) is 0 Å². The zero-order valence-corrected chi connectivity index (χ0v) is 12.7. The summed E-state index contributed by atoms with van der Waals surface area (Å²) < 4.78 is 22.2. The van der Waals surface area contributed by atoms with Crippen LogP contribution in [-0.2, 0) is 16.4 Å². The molecule has 0 bridgehead atoms. The van der Waals surface area contributed by atoms with Crippen LogP contribution in [0.25, 0.3) is 0 Å². The molecule has 108 valence electrons. The summed E-state index contributed by atoms with van der Waals surface area (Å²) in [5, 5.41) is 3.28. The zero-order valence-electron chi connectivity index (χ0n) is 11.9. The standard InChI is InChI=1S/C12H22N4O2S/c1-10(2)13-7-11-8-14-12(15-9-11)16(3)5-6-19(4,17)18/h8-10,13H,5-7H2,1-4H3. The first-order valence-corrected chi connectivity index (χ1v) is 8.27. The monoisotopic (exact) mass is 286 g/mol. The SMILES string of the molecule is CC(C)NCc1cnc(N(C)CCS(C)(=O)=O)nc1. The van der Waals surface area contributed by atoms with Gasteiger partial charge in [-0.3, -0.25) is 0 Å². The van der Waals surface area contributed by atoms with E-state index < -0.39 is 9.84 Å². The van der Waals surface area contributed by atoms with Gasteiger partial charge in [0.05, 0.1) is 5.75 Å². The summed E-state index contributed by atoms with van der Waals surface area (Å²) in [5.74, 6) is 0.640. The number of hydrogen-bond acceptors (Lipinski definition) is 6. The van der Waals surface area contributed by atoms with Gasteiger partial charge in [0.1, 0.15) is 9.84 Å². The lowest BCUT2D eigenvalue weighted by Gasteiger charge is -2.16. The maximum atomic E-state index is 11.1. The summed E-state index contributed by atoms with van der Waals surface area (Å²) in [6, 6.07) is 0.414. The molecule has 1 heterocycles. The lowest BCUT2D eigenvalue weighted by atomic mass is 10.3. The molecular weight excluding hydrogens is 264 g/mol. The Morgan fingerprint density at radius 2 is 1.89 bits per heavy atom. The summed E-state index contributed by atoms with van der Waals surface area (Å²) in [6.45, 7) is 5.27. The topological polar surface area (TPSA) is 75.2 Å². The highest BCUT2D eigenvalue weighted by Gasteiger charge is 2.08. The van der Waals surface area contributed by atoms with Gasteiger partial charge in [-0.15, -0.1) is 0 Å². The highest BCUT2D eigenvalue weighted by atomic mass is 32.2. The fourth-order valence-corrected chi connectivity index (χ4v) is 1.97. The molecule has 1 rings (SSSR count). The van der Waals surface area contributed by atoms with Crippen molar-refractivity contribution in [3.63, 3.8) is 0 Å². The van der Waals surface area contributed by atoms with Crippen LogP contribution in [0.5, 0.6) is 0 Å². The van der Waals surface area contributed by atoms with E-state index in [1.165, 1.54) is 6.26 Å². The zero-order chi connectivity index (χ0) is 14.5. The number of hydrogen-bond donors (Lipinski definition) is 1. The fourth-order valence-electron chi connectivity index (χ4n) is 1.36. The van der Waals surface area contributed by atoms with E-state index in [1.807, 2.05) is 0 Å². The normalized spacial score (nSPS) is 11.8. The summed E-state index contributed by atoms with van der Waals surface area (Å²) in [5.41, 5.74) is 1.01. The molecule has 1 aromatic heterocycles. The van der Waals surface area contributed by atoms with Gasteiger partial charge in [0.25, 0.3) is 0 Å². The van der Waals surface area contributed by atoms with E-state index in [0.29, 0.717) is 18.5 Å². The number of aromatic nitrogens is 2. The van der Waals surface area contributed by atoms with Crippen LogP contribution >= 0.6 is 0 Å². The van der Waals surface area contributed by atoms with Crippen LogP contribution in [0.2, 0.25) is 0 Å². The summed E-state index contributed by atoms with van der Waals surface area (Å²) in [7, 11) is -1.18. The van der Waals surface area contributed by atoms with E-state index in [1.54, 1.807) is 24.3 Å². The molecular formula is C12H22N4O2S.